The zero-order valence-corrected chi connectivity index (χ0v) is 11.4. The minimum atomic E-state index is -0.423. The number of hydrogen-bond acceptors (Lipinski definition) is 4. The van der Waals surface area contributed by atoms with Crippen LogP contribution in [0.2, 0.25) is 0 Å². The van der Waals surface area contributed by atoms with Crippen LogP contribution in [-0.4, -0.2) is 22.1 Å². The highest BCUT2D eigenvalue weighted by Crippen LogP contribution is 2.35. The molecule has 1 aromatic rings. The molecule has 2 atom stereocenters. The van der Waals surface area contributed by atoms with Gasteiger partial charge in [0, 0.05) is 35.5 Å². The van der Waals surface area contributed by atoms with Gasteiger partial charge in [-0.25, -0.2) is 0 Å². The van der Waals surface area contributed by atoms with Gasteiger partial charge in [0.15, 0.2) is 0 Å². The lowest BCUT2D eigenvalue weighted by Crippen LogP contribution is -2.34. The summed E-state index contributed by atoms with van der Waals surface area (Å²) < 4.78 is 0. The van der Waals surface area contributed by atoms with Crippen molar-refractivity contribution >= 4 is 11.4 Å². The number of nitrogens with zero attached hydrogens (tertiary/aromatic N) is 2. The third-order valence-electron chi connectivity index (χ3n) is 3.98. The number of aliphatic hydroxyl groups is 1. The molecule has 1 fully saturated rings. The highest BCUT2D eigenvalue weighted by atomic mass is 16.6. The van der Waals surface area contributed by atoms with Gasteiger partial charge >= 0.3 is 0 Å². The summed E-state index contributed by atoms with van der Waals surface area (Å²) in [6, 6.07) is 5.64. The maximum Gasteiger partial charge on any atom is 0.269 e. The maximum absolute atomic E-state index is 10.8. The molecule has 0 aliphatic carbocycles. The van der Waals surface area contributed by atoms with Gasteiger partial charge in [-0.2, -0.15) is 0 Å². The van der Waals surface area contributed by atoms with E-state index in [1.807, 2.05) is 0 Å². The fourth-order valence-electron chi connectivity index (χ4n) is 2.97. The number of anilines is 1. The zero-order valence-electron chi connectivity index (χ0n) is 11.4. The SMILES string of the molecule is CCC1CCC(C)N1c1ccc([N+](=O)[O-])cc1CO. The quantitative estimate of drug-likeness (QED) is 0.670. The van der Waals surface area contributed by atoms with Crippen molar-refractivity contribution in [2.75, 3.05) is 4.90 Å². The fraction of sp³-hybridized carbons (Fsp3) is 0.571. The Kier molecular flexibility index (Phi) is 4.04. The van der Waals surface area contributed by atoms with Crippen LogP contribution in [-0.2, 0) is 6.61 Å². The fourth-order valence-corrected chi connectivity index (χ4v) is 2.97. The summed E-state index contributed by atoms with van der Waals surface area (Å²) in [6.07, 6.45) is 3.31. The first kappa shape index (κ1) is 13.8. The van der Waals surface area contributed by atoms with Gasteiger partial charge in [-0.1, -0.05) is 6.92 Å². The van der Waals surface area contributed by atoms with Gasteiger partial charge in [0.2, 0.25) is 0 Å². The average Bonchev–Trinajstić information content (AvgIpc) is 2.78. The van der Waals surface area contributed by atoms with Gasteiger partial charge in [-0.05, 0) is 32.3 Å². The van der Waals surface area contributed by atoms with Crippen LogP contribution in [0.25, 0.3) is 0 Å². The highest BCUT2D eigenvalue weighted by Gasteiger charge is 2.31. The molecule has 19 heavy (non-hydrogen) atoms. The third-order valence-corrected chi connectivity index (χ3v) is 3.98. The second-order valence-corrected chi connectivity index (χ2v) is 5.12. The Morgan fingerprint density at radius 1 is 1.47 bits per heavy atom. The molecule has 104 valence electrons. The second-order valence-electron chi connectivity index (χ2n) is 5.12. The Labute approximate surface area is 113 Å². The third kappa shape index (κ3) is 2.56. The first-order chi connectivity index (χ1) is 9.08. The topological polar surface area (TPSA) is 66.6 Å². The second kappa shape index (κ2) is 5.57. The van der Waals surface area contributed by atoms with E-state index < -0.39 is 4.92 Å². The lowest BCUT2D eigenvalue weighted by Gasteiger charge is -2.31. The predicted molar refractivity (Wildman–Crippen MR) is 74.3 cm³/mol. The number of nitro benzene ring substituents is 1. The van der Waals surface area contributed by atoms with Crippen LogP contribution in [0.4, 0.5) is 11.4 Å². The summed E-state index contributed by atoms with van der Waals surface area (Å²) in [7, 11) is 0. The van der Waals surface area contributed by atoms with E-state index in [4.69, 9.17) is 0 Å². The summed E-state index contributed by atoms with van der Waals surface area (Å²) in [4.78, 5) is 12.7. The van der Waals surface area contributed by atoms with Crippen molar-refractivity contribution in [3.8, 4) is 0 Å². The van der Waals surface area contributed by atoms with E-state index in [0.29, 0.717) is 17.6 Å². The lowest BCUT2D eigenvalue weighted by atomic mass is 10.1. The lowest BCUT2D eigenvalue weighted by molar-refractivity contribution is -0.384. The monoisotopic (exact) mass is 264 g/mol. The molecular formula is C14H20N2O3. The van der Waals surface area contributed by atoms with Crippen molar-refractivity contribution in [1.29, 1.82) is 0 Å². The number of benzene rings is 1. The van der Waals surface area contributed by atoms with E-state index in [1.54, 1.807) is 6.07 Å². The van der Waals surface area contributed by atoms with Crippen LogP contribution in [0.5, 0.6) is 0 Å². The predicted octanol–water partition coefficient (Wildman–Crippen LogP) is 2.85. The molecule has 1 heterocycles. The molecular weight excluding hydrogens is 244 g/mol. The molecule has 0 radical (unpaired) electrons. The molecule has 1 N–H and O–H groups in total. The van der Waals surface area contributed by atoms with Crippen molar-refractivity contribution in [2.45, 2.75) is 51.8 Å². The first-order valence-corrected chi connectivity index (χ1v) is 6.75. The van der Waals surface area contributed by atoms with Gasteiger partial charge in [0.1, 0.15) is 0 Å². The molecule has 5 nitrogen and oxygen atoms in total. The molecule has 0 bridgehead atoms. The van der Waals surface area contributed by atoms with Gasteiger partial charge in [0.05, 0.1) is 11.5 Å². The normalized spacial score (nSPS) is 22.8. The summed E-state index contributed by atoms with van der Waals surface area (Å²) in [5.74, 6) is 0. The van der Waals surface area contributed by atoms with Crippen molar-refractivity contribution in [1.82, 2.24) is 0 Å². The zero-order chi connectivity index (χ0) is 14.0. The molecule has 0 spiro atoms. The van der Waals surface area contributed by atoms with Crippen molar-refractivity contribution < 1.29 is 10.0 Å². The average molecular weight is 264 g/mol. The Morgan fingerprint density at radius 3 is 2.79 bits per heavy atom. The summed E-state index contributed by atoms with van der Waals surface area (Å²) >= 11 is 0. The summed E-state index contributed by atoms with van der Waals surface area (Å²) in [5, 5.41) is 20.3. The van der Waals surface area contributed by atoms with Crippen LogP contribution < -0.4 is 4.90 Å². The van der Waals surface area contributed by atoms with Crippen molar-refractivity contribution in [2.24, 2.45) is 0 Å². The molecule has 1 saturated heterocycles. The van der Waals surface area contributed by atoms with Crippen LogP contribution in [0.1, 0.15) is 38.7 Å². The largest absolute Gasteiger partial charge is 0.392 e. The van der Waals surface area contributed by atoms with Crippen molar-refractivity contribution in [3.63, 3.8) is 0 Å². The van der Waals surface area contributed by atoms with Gasteiger partial charge < -0.3 is 10.0 Å². The Balaban J connectivity index is 2.41. The molecule has 0 aromatic heterocycles. The number of non-ortho nitro benzene ring substituents is 1. The number of hydrogen-bond donors (Lipinski definition) is 1. The molecule has 1 aliphatic heterocycles. The van der Waals surface area contributed by atoms with Gasteiger partial charge in [-0.3, -0.25) is 10.1 Å². The van der Waals surface area contributed by atoms with E-state index in [1.165, 1.54) is 12.1 Å². The van der Waals surface area contributed by atoms with E-state index >= 15 is 0 Å². The van der Waals surface area contributed by atoms with Crippen LogP contribution in [0, 0.1) is 10.1 Å². The van der Waals surface area contributed by atoms with Crippen LogP contribution >= 0.6 is 0 Å². The first-order valence-electron chi connectivity index (χ1n) is 6.75. The van der Waals surface area contributed by atoms with E-state index in [0.717, 1.165) is 24.9 Å². The number of nitro groups is 1. The number of aliphatic hydroxyl groups excluding tert-OH is 1. The maximum atomic E-state index is 10.8. The van der Waals surface area contributed by atoms with Crippen LogP contribution in [0.15, 0.2) is 18.2 Å². The van der Waals surface area contributed by atoms with Crippen LogP contribution in [0.3, 0.4) is 0 Å². The molecule has 2 unspecified atom stereocenters. The Hall–Kier alpha value is -1.62. The van der Waals surface area contributed by atoms with E-state index in [-0.39, 0.29) is 12.3 Å². The Morgan fingerprint density at radius 2 is 2.21 bits per heavy atom. The Bertz CT molecular complexity index is 476. The number of rotatable bonds is 4. The van der Waals surface area contributed by atoms with E-state index in [2.05, 4.69) is 18.7 Å². The smallest absolute Gasteiger partial charge is 0.269 e. The van der Waals surface area contributed by atoms with Gasteiger partial charge in [0.25, 0.3) is 5.69 Å². The molecule has 0 saturated carbocycles. The minimum Gasteiger partial charge on any atom is -0.392 e. The molecule has 0 amide bonds. The molecule has 2 rings (SSSR count). The van der Waals surface area contributed by atoms with Gasteiger partial charge in [-0.15, -0.1) is 0 Å². The highest BCUT2D eigenvalue weighted by molar-refractivity contribution is 5.59. The minimum absolute atomic E-state index is 0.0349. The summed E-state index contributed by atoms with van der Waals surface area (Å²) in [5.41, 5.74) is 1.61. The summed E-state index contributed by atoms with van der Waals surface area (Å²) in [6.45, 7) is 4.15. The van der Waals surface area contributed by atoms with Crippen molar-refractivity contribution in [3.05, 3.63) is 33.9 Å². The van der Waals surface area contributed by atoms with E-state index in [9.17, 15) is 15.2 Å². The molecule has 5 heteroatoms. The standard InChI is InChI=1S/C14H20N2O3/c1-3-12-5-4-10(2)15(12)14-7-6-13(16(18)19)8-11(14)9-17/h6-8,10,12,17H,3-5,9H2,1-2H3. The molecule has 1 aromatic carbocycles. The molecule has 1 aliphatic rings.